The number of nitrogens with one attached hydrogen (secondary N) is 8. The van der Waals surface area contributed by atoms with Gasteiger partial charge in [-0.05, 0) is 74.5 Å². The second kappa shape index (κ2) is 30.6. The molecule has 0 saturated heterocycles. The fourth-order valence-corrected chi connectivity index (χ4v) is 6.83. The van der Waals surface area contributed by atoms with Crippen LogP contribution in [0.5, 0.6) is 0 Å². The largest absolute Gasteiger partial charge is 0.480 e. The minimum atomic E-state index is -1.44. The number of carboxylic acids is 1. The van der Waals surface area contributed by atoms with E-state index in [1.807, 2.05) is 13.8 Å². The molecule has 0 aliphatic carbocycles. The number of carbonyl (C=O) groups excluding carboxylic acids is 10. The lowest BCUT2D eigenvalue weighted by Crippen LogP contribution is -2.61. The van der Waals surface area contributed by atoms with Crippen molar-refractivity contribution in [1.82, 2.24) is 42.5 Å². The van der Waals surface area contributed by atoms with Gasteiger partial charge >= 0.3 is 5.97 Å². The van der Waals surface area contributed by atoms with Gasteiger partial charge in [-0.3, -0.25) is 47.9 Å². The Morgan fingerprint density at radius 1 is 0.377 bits per heavy atom. The number of nitrogens with two attached hydrogens (primary N) is 3. The summed E-state index contributed by atoms with van der Waals surface area (Å²) in [6.07, 6.45) is -0.886. The van der Waals surface area contributed by atoms with E-state index in [1.165, 1.54) is 6.92 Å². The van der Waals surface area contributed by atoms with Gasteiger partial charge in [0.2, 0.25) is 59.1 Å². The Kier molecular flexibility index (Phi) is 28.0. The van der Waals surface area contributed by atoms with Gasteiger partial charge in [-0.2, -0.15) is 0 Å². The number of carboxylic acid groups (broad SMARTS) is 1. The van der Waals surface area contributed by atoms with Crippen LogP contribution >= 0.6 is 0 Å². The molecule has 0 spiro atoms. The van der Waals surface area contributed by atoms with Crippen molar-refractivity contribution in [2.45, 2.75) is 189 Å². The molecule has 0 unspecified atom stereocenters. The van der Waals surface area contributed by atoms with Gasteiger partial charge in [-0.1, -0.05) is 83.1 Å². The van der Waals surface area contributed by atoms with E-state index in [1.54, 1.807) is 69.2 Å². The molecule has 23 heteroatoms. The van der Waals surface area contributed by atoms with Crippen LogP contribution in [0.4, 0.5) is 0 Å². The van der Waals surface area contributed by atoms with E-state index in [-0.39, 0.29) is 68.6 Å². The molecule has 0 radical (unpaired) electrons. The highest BCUT2D eigenvalue weighted by Gasteiger charge is 2.36. The summed E-state index contributed by atoms with van der Waals surface area (Å²) in [4.78, 5) is 144. The zero-order valence-corrected chi connectivity index (χ0v) is 42.8. The van der Waals surface area contributed by atoms with E-state index < -0.39 is 131 Å². The standard InChI is InChI=1S/C46H83N11O12/c1-21(2)18-30(53-43(65)35(49)24(7)8)41(63)50-27(13)38(60)51-29(15-17-34(48)59)40(62)56-37(26(11)12)45(67)57-36(25(9)10)44(66)54-31(19-22(3)4)42(64)52-28(14-16-33(47)58)39(61)55-32(46(68)69)20-23(5)6/h21-32,35-37H,14-20,49H2,1-13H3,(H2,47,58)(H2,48,59)(H,50,63)(H,51,60)(H,52,64)(H,53,65)(H,54,66)(H,55,61)(H,56,62)(H,57,67)(H,68,69)/t27-,28-,29-,30-,31-,32-,35-,36-,37-/m0/s1. The van der Waals surface area contributed by atoms with Gasteiger partial charge in [0, 0.05) is 12.8 Å². The lowest BCUT2D eigenvalue weighted by atomic mass is 9.97. The molecule has 0 rings (SSSR count). The number of amides is 10. The first kappa shape index (κ1) is 63.1. The average molecular weight is 982 g/mol. The lowest BCUT2D eigenvalue weighted by molar-refractivity contribution is -0.143. The Morgan fingerprint density at radius 2 is 0.681 bits per heavy atom. The molecule has 23 nitrogen and oxygen atoms in total. The van der Waals surface area contributed by atoms with Gasteiger partial charge in [0.15, 0.2) is 0 Å². The molecule has 0 aliphatic heterocycles. The summed E-state index contributed by atoms with van der Waals surface area (Å²) < 4.78 is 0. The monoisotopic (exact) mass is 982 g/mol. The van der Waals surface area contributed by atoms with Gasteiger partial charge < -0.3 is 64.8 Å². The Labute approximate surface area is 406 Å². The first-order chi connectivity index (χ1) is 31.8. The molecule has 0 aromatic rings. The molecule has 10 amide bonds. The number of primary amides is 2. The Hall–Kier alpha value is -5.87. The smallest absolute Gasteiger partial charge is 0.326 e. The third kappa shape index (κ3) is 24.3. The highest BCUT2D eigenvalue weighted by molar-refractivity contribution is 5.98. The average Bonchev–Trinajstić information content (AvgIpc) is 3.22. The van der Waals surface area contributed by atoms with E-state index >= 15 is 0 Å². The molecule has 0 aromatic carbocycles. The SMILES string of the molecule is CC(C)C[C@H](NC(=O)[C@H](CCC(N)=O)NC(=O)[C@H](CC(C)C)NC(=O)[C@@H](NC(=O)[C@@H](NC(=O)[C@H](CCC(N)=O)NC(=O)[C@H](C)NC(=O)[C@H](CC(C)C)NC(=O)[C@@H](N)C(C)C)C(C)C)C(C)C)C(=O)O. The van der Waals surface area contributed by atoms with Crippen molar-refractivity contribution >= 4 is 65.0 Å². The van der Waals surface area contributed by atoms with Crippen molar-refractivity contribution in [2.24, 2.45) is 52.7 Å². The molecule has 15 N–H and O–H groups in total. The summed E-state index contributed by atoms with van der Waals surface area (Å²) in [6.45, 7) is 22.1. The van der Waals surface area contributed by atoms with Crippen LogP contribution < -0.4 is 59.7 Å². The second-order valence-electron chi connectivity index (χ2n) is 20.0. The third-order valence-corrected chi connectivity index (χ3v) is 10.9. The molecule has 0 aromatic heterocycles. The maximum absolute atomic E-state index is 14.0. The van der Waals surface area contributed by atoms with Gasteiger partial charge in [0.1, 0.15) is 48.3 Å². The van der Waals surface area contributed by atoms with E-state index in [2.05, 4.69) is 42.5 Å². The van der Waals surface area contributed by atoms with Crippen LogP contribution in [0.2, 0.25) is 0 Å². The molecule has 9 atom stereocenters. The quantitative estimate of drug-likeness (QED) is 0.0383. The Balaban J connectivity index is 6.39. The van der Waals surface area contributed by atoms with Crippen LogP contribution in [0.15, 0.2) is 0 Å². The molecular formula is C46H83N11O12. The van der Waals surface area contributed by atoms with Crippen LogP contribution in [0, 0.1) is 35.5 Å². The Morgan fingerprint density at radius 3 is 1.06 bits per heavy atom. The topological polar surface area (TPSA) is 382 Å². The molecule has 0 fully saturated rings. The summed E-state index contributed by atoms with van der Waals surface area (Å²) in [6, 6.07) is -11.2. The van der Waals surface area contributed by atoms with Crippen molar-refractivity contribution in [2.75, 3.05) is 0 Å². The summed E-state index contributed by atoms with van der Waals surface area (Å²) in [5, 5.41) is 30.2. The molecule has 69 heavy (non-hydrogen) atoms. The highest BCUT2D eigenvalue weighted by atomic mass is 16.4. The lowest BCUT2D eigenvalue weighted by Gasteiger charge is -2.30. The van der Waals surface area contributed by atoms with E-state index in [0.717, 1.165) is 0 Å². The van der Waals surface area contributed by atoms with Gasteiger partial charge in [0.25, 0.3) is 0 Å². The maximum Gasteiger partial charge on any atom is 0.326 e. The molecule has 0 saturated carbocycles. The summed E-state index contributed by atoms with van der Waals surface area (Å²) >= 11 is 0. The van der Waals surface area contributed by atoms with Crippen molar-refractivity contribution < 1.29 is 57.8 Å². The Bertz CT molecular complexity index is 1790. The fraction of sp³-hybridized carbons (Fsp3) is 0.761. The molecule has 394 valence electrons. The third-order valence-electron chi connectivity index (χ3n) is 10.9. The van der Waals surface area contributed by atoms with Gasteiger partial charge in [-0.15, -0.1) is 0 Å². The van der Waals surface area contributed by atoms with Crippen LogP contribution in [0.25, 0.3) is 0 Å². The zero-order chi connectivity index (χ0) is 53.6. The second-order valence-corrected chi connectivity index (χ2v) is 20.0. The predicted octanol–water partition coefficient (Wildman–Crippen LogP) is -1.07. The molecule has 0 heterocycles. The van der Waals surface area contributed by atoms with Crippen molar-refractivity contribution in [3.8, 4) is 0 Å². The highest BCUT2D eigenvalue weighted by Crippen LogP contribution is 2.13. The number of carbonyl (C=O) groups is 11. The molecular weight excluding hydrogens is 899 g/mol. The zero-order valence-electron chi connectivity index (χ0n) is 42.8. The fourth-order valence-electron chi connectivity index (χ4n) is 6.83. The van der Waals surface area contributed by atoms with Crippen molar-refractivity contribution in [1.29, 1.82) is 0 Å². The first-order valence-electron chi connectivity index (χ1n) is 23.8. The first-order valence-corrected chi connectivity index (χ1v) is 23.8. The van der Waals surface area contributed by atoms with Crippen LogP contribution in [0.1, 0.15) is 135 Å². The van der Waals surface area contributed by atoms with Crippen molar-refractivity contribution in [3.05, 3.63) is 0 Å². The van der Waals surface area contributed by atoms with E-state index in [9.17, 15) is 57.8 Å². The molecule has 0 bridgehead atoms. The van der Waals surface area contributed by atoms with Crippen molar-refractivity contribution in [3.63, 3.8) is 0 Å². The van der Waals surface area contributed by atoms with Gasteiger partial charge in [-0.25, -0.2) is 4.79 Å². The minimum Gasteiger partial charge on any atom is -0.480 e. The van der Waals surface area contributed by atoms with Crippen LogP contribution in [-0.2, 0) is 52.7 Å². The maximum atomic E-state index is 14.0. The minimum absolute atomic E-state index is 0.0372. The summed E-state index contributed by atoms with van der Waals surface area (Å²) in [7, 11) is 0. The molecule has 0 aliphatic rings. The van der Waals surface area contributed by atoms with Crippen LogP contribution in [0.3, 0.4) is 0 Å². The number of hydrogen-bond acceptors (Lipinski definition) is 12. The summed E-state index contributed by atoms with van der Waals surface area (Å²) in [5.41, 5.74) is 16.7. The van der Waals surface area contributed by atoms with Gasteiger partial charge in [0.05, 0.1) is 6.04 Å². The van der Waals surface area contributed by atoms with E-state index in [0.29, 0.717) is 0 Å². The summed E-state index contributed by atoms with van der Waals surface area (Å²) in [5.74, 6) is -10.9. The number of rotatable bonds is 32. The van der Waals surface area contributed by atoms with E-state index in [4.69, 9.17) is 17.2 Å². The normalized spacial score (nSPS) is 15.4. The number of hydrogen-bond donors (Lipinski definition) is 12. The predicted molar refractivity (Wildman–Crippen MR) is 256 cm³/mol. The van der Waals surface area contributed by atoms with Crippen LogP contribution in [-0.4, -0.2) is 125 Å². The number of aliphatic carboxylic acids is 1.